The Kier molecular flexibility index (Phi) is 9.23. The number of ketones is 1. The lowest BCUT2D eigenvalue weighted by Crippen LogP contribution is -3.14. The van der Waals surface area contributed by atoms with Crippen LogP contribution in [0.5, 0.6) is 5.75 Å². The van der Waals surface area contributed by atoms with Crippen molar-refractivity contribution in [3.63, 3.8) is 0 Å². The largest absolute Gasteiger partial charge is 0.872 e. The summed E-state index contributed by atoms with van der Waals surface area (Å²) in [5, 5.41) is 13.9. The van der Waals surface area contributed by atoms with Crippen molar-refractivity contribution in [2.45, 2.75) is 46.6 Å². The number of nitrogens with one attached hydrogen (secondary N) is 1. The molecule has 1 N–H and O–H groups in total. The van der Waals surface area contributed by atoms with Crippen LogP contribution in [-0.2, 0) is 20.7 Å². The highest BCUT2D eigenvalue weighted by atomic mass is 16.5. The standard InChI is InChI=1S/C31H40N2O5/c1-5-23-7-9-24(10-8-23)28-27(29(34)26-12-11-25(19-22(26)4)38-20-21(2)3)30(35)31(36)33(28)14-6-13-32-15-17-37-18-16-32/h7-12,19,21,28,34H,5-6,13-18,20H2,1-4H3/b29-27+. The molecule has 7 heteroatoms. The van der Waals surface area contributed by atoms with Crippen LogP contribution >= 0.6 is 0 Å². The molecule has 0 spiro atoms. The van der Waals surface area contributed by atoms with Gasteiger partial charge >= 0.3 is 0 Å². The summed E-state index contributed by atoms with van der Waals surface area (Å²) in [6, 6.07) is 12.5. The van der Waals surface area contributed by atoms with E-state index in [1.54, 1.807) is 17.0 Å². The maximum Gasteiger partial charge on any atom is 0.295 e. The van der Waals surface area contributed by atoms with E-state index in [-0.39, 0.29) is 11.3 Å². The number of rotatable bonds is 10. The lowest BCUT2D eigenvalue weighted by Gasteiger charge is -2.29. The second kappa shape index (κ2) is 12.6. The number of hydrogen-bond acceptors (Lipinski definition) is 5. The van der Waals surface area contributed by atoms with Crippen LogP contribution in [0.25, 0.3) is 5.76 Å². The molecule has 204 valence electrons. The van der Waals surface area contributed by atoms with Gasteiger partial charge in [0.25, 0.3) is 5.91 Å². The number of amides is 1. The molecule has 0 aliphatic carbocycles. The van der Waals surface area contributed by atoms with Gasteiger partial charge in [0.05, 0.1) is 32.4 Å². The van der Waals surface area contributed by atoms with E-state index in [2.05, 4.69) is 20.8 Å². The maximum absolute atomic E-state index is 13.9. The van der Waals surface area contributed by atoms with E-state index in [1.807, 2.05) is 37.3 Å². The van der Waals surface area contributed by atoms with E-state index in [0.29, 0.717) is 30.4 Å². The van der Waals surface area contributed by atoms with Gasteiger partial charge in [0.1, 0.15) is 18.8 Å². The van der Waals surface area contributed by atoms with Crippen molar-refractivity contribution in [2.75, 3.05) is 46.0 Å². The third-order valence-electron chi connectivity index (χ3n) is 7.39. The quantitative estimate of drug-likeness (QED) is 0.295. The molecule has 2 aliphatic rings. The Morgan fingerprint density at radius 1 is 1.13 bits per heavy atom. The van der Waals surface area contributed by atoms with Crippen molar-refractivity contribution < 1.29 is 29.1 Å². The number of carbonyl (C=O) groups excluding carboxylic acids is 2. The monoisotopic (exact) mass is 520 g/mol. The molecule has 0 bridgehead atoms. The van der Waals surface area contributed by atoms with Crippen LogP contribution < -0.4 is 14.7 Å². The van der Waals surface area contributed by atoms with Crippen LogP contribution in [0, 0.1) is 12.8 Å². The summed E-state index contributed by atoms with van der Waals surface area (Å²) in [5.74, 6) is -0.611. The molecule has 2 aliphatic heterocycles. The van der Waals surface area contributed by atoms with Gasteiger partial charge in [-0.15, -0.1) is 0 Å². The number of ether oxygens (including phenoxy) is 2. The van der Waals surface area contributed by atoms with E-state index < -0.39 is 17.7 Å². The number of nitrogens with zero attached hydrogens (tertiary/aromatic N) is 1. The molecule has 0 saturated carbocycles. The minimum absolute atomic E-state index is 0.0388. The Hall–Kier alpha value is -3.16. The predicted molar refractivity (Wildman–Crippen MR) is 145 cm³/mol. The van der Waals surface area contributed by atoms with Gasteiger partial charge in [0.15, 0.2) is 0 Å². The highest BCUT2D eigenvalue weighted by Gasteiger charge is 2.44. The molecule has 0 aromatic heterocycles. The van der Waals surface area contributed by atoms with E-state index in [0.717, 1.165) is 62.4 Å². The summed E-state index contributed by atoms with van der Waals surface area (Å²) in [6.45, 7) is 13.3. The first kappa shape index (κ1) is 27.9. The number of carbonyl (C=O) groups is 2. The summed E-state index contributed by atoms with van der Waals surface area (Å²) >= 11 is 0. The zero-order valence-corrected chi connectivity index (χ0v) is 23.0. The molecule has 1 amide bonds. The summed E-state index contributed by atoms with van der Waals surface area (Å²) in [5.41, 5.74) is 3.13. The Morgan fingerprint density at radius 2 is 1.84 bits per heavy atom. The molecule has 2 saturated heterocycles. The Bertz CT molecular complexity index is 1170. The van der Waals surface area contributed by atoms with Gasteiger partial charge in [0, 0.05) is 18.5 Å². The third-order valence-corrected chi connectivity index (χ3v) is 7.39. The van der Waals surface area contributed by atoms with E-state index >= 15 is 0 Å². The fraction of sp³-hybridized carbons (Fsp3) is 0.484. The van der Waals surface area contributed by atoms with Crippen molar-refractivity contribution in [1.29, 1.82) is 0 Å². The molecule has 2 aromatic carbocycles. The van der Waals surface area contributed by atoms with Crippen LogP contribution in [0.3, 0.4) is 0 Å². The molecular formula is C31H40N2O5. The molecule has 7 nitrogen and oxygen atoms in total. The van der Waals surface area contributed by atoms with E-state index in [4.69, 9.17) is 9.47 Å². The summed E-state index contributed by atoms with van der Waals surface area (Å²) < 4.78 is 11.3. The van der Waals surface area contributed by atoms with Crippen LogP contribution in [0.2, 0.25) is 0 Å². The molecule has 4 rings (SSSR count). The molecule has 2 aromatic rings. The van der Waals surface area contributed by atoms with Gasteiger partial charge in [-0.25, -0.2) is 0 Å². The zero-order chi connectivity index (χ0) is 27.2. The SMILES string of the molecule is CCc1ccc(C2/C(=C(\[O-])c3ccc(OCC(C)C)cc3C)C(=O)C(=O)N2CCC[NH+]2CCOCC2)cc1. The van der Waals surface area contributed by atoms with Gasteiger partial charge < -0.3 is 24.4 Å². The number of morpholine rings is 1. The predicted octanol–water partition coefficient (Wildman–Crippen LogP) is 2.12. The van der Waals surface area contributed by atoms with Crippen molar-refractivity contribution in [3.05, 3.63) is 70.3 Å². The van der Waals surface area contributed by atoms with Gasteiger partial charge in [0.2, 0.25) is 5.78 Å². The summed E-state index contributed by atoms with van der Waals surface area (Å²) in [6.07, 6.45) is 1.63. The number of hydrogen-bond donors (Lipinski definition) is 1. The fourth-order valence-electron chi connectivity index (χ4n) is 5.18. The molecule has 0 radical (unpaired) electrons. The van der Waals surface area contributed by atoms with Gasteiger partial charge in [-0.3, -0.25) is 9.59 Å². The van der Waals surface area contributed by atoms with Crippen LogP contribution in [0.4, 0.5) is 0 Å². The van der Waals surface area contributed by atoms with Crippen molar-refractivity contribution in [1.82, 2.24) is 4.90 Å². The van der Waals surface area contributed by atoms with Crippen molar-refractivity contribution in [2.24, 2.45) is 5.92 Å². The second-order valence-electron chi connectivity index (χ2n) is 10.7. The lowest BCUT2D eigenvalue weighted by atomic mass is 9.93. The first-order valence-electron chi connectivity index (χ1n) is 13.8. The van der Waals surface area contributed by atoms with Gasteiger partial charge in [-0.05, 0) is 53.6 Å². The Balaban J connectivity index is 1.66. The van der Waals surface area contributed by atoms with E-state index in [9.17, 15) is 14.7 Å². The smallest absolute Gasteiger partial charge is 0.295 e. The number of likely N-dealkylation sites (tertiary alicyclic amines) is 1. The summed E-state index contributed by atoms with van der Waals surface area (Å²) in [4.78, 5) is 29.7. The summed E-state index contributed by atoms with van der Waals surface area (Å²) in [7, 11) is 0. The van der Waals surface area contributed by atoms with Crippen molar-refractivity contribution >= 4 is 17.4 Å². The maximum atomic E-state index is 13.9. The van der Waals surface area contributed by atoms with Crippen LogP contribution in [-0.4, -0.2) is 62.6 Å². The second-order valence-corrected chi connectivity index (χ2v) is 10.7. The minimum Gasteiger partial charge on any atom is -0.872 e. The normalized spacial score (nSPS) is 19.9. The average molecular weight is 521 g/mol. The van der Waals surface area contributed by atoms with E-state index in [1.165, 1.54) is 4.90 Å². The minimum atomic E-state index is -0.696. The zero-order valence-electron chi connectivity index (χ0n) is 23.0. The van der Waals surface area contributed by atoms with Crippen LogP contribution in [0.15, 0.2) is 48.0 Å². The molecule has 2 fully saturated rings. The number of aryl methyl sites for hydroxylation is 2. The molecular weight excluding hydrogens is 480 g/mol. The lowest BCUT2D eigenvalue weighted by molar-refractivity contribution is -0.908. The van der Waals surface area contributed by atoms with Crippen molar-refractivity contribution in [3.8, 4) is 5.75 Å². The van der Waals surface area contributed by atoms with Gasteiger partial charge in [-0.2, -0.15) is 0 Å². The number of quaternary nitrogens is 1. The third kappa shape index (κ3) is 6.27. The fourth-order valence-corrected chi connectivity index (χ4v) is 5.18. The molecule has 2 heterocycles. The molecule has 1 unspecified atom stereocenters. The first-order valence-corrected chi connectivity index (χ1v) is 13.8. The highest BCUT2D eigenvalue weighted by molar-refractivity contribution is 6.46. The molecule has 38 heavy (non-hydrogen) atoms. The number of benzene rings is 2. The average Bonchev–Trinajstić information content (AvgIpc) is 3.17. The first-order chi connectivity index (χ1) is 18.3. The highest BCUT2D eigenvalue weighted by Crippen LogP contribution is 2.39. The Morgan fingerprint density at radius 3 is 2.47 bits per heavy atom. The number of Topliss-reactive ketones (excluding diaryl/α,β-unsaturated/α-hetero) is 1. The van der Waals surface area contributed by atoms with Gasteiger partial charge in [-0.1, -0.05) is 56.9 Å². The van der Waals surface area contributed by atoms with Crippen LogP contribution in [0.1, 0.15) is 55.5 Å². The molecule has 1 atom stereocenters. The Labute approximate surface area is 226 Å². The topological polar surface area (TPSA) is 83.3 Å².